The molecular formula is C27H42N2O4. The number of aliphatic hydroxyl groups excluding tert-OH is 2. The molecular weight excluding hydrogens is 416 g/mol. The zero-order valence-corrected chi connectivity index (χ0v) is 20.2. The number of benzene rings is 2. The molecule has 2 atom stereocenters. The molecule has 0 bridgehead atoms. The van der Waals surface area contributed by atoms with Gasteiger partial charge in [-0.1, -0.05) is 38.1 Å². The summed E-state index contributed by atoms with van der Waals surface area (Å²) in [7, 11) is 0. The molecule has 0 spiro atoms. The fourth-order valence-corrected chi connectivity index (χ4v) is 3.70. The first-order valence-corrected chi connectivity index (χ1v) is 12.1. The molecule has 2 rings (SSSR count). The summed E-state index contributed by atoms with van der Waals surface area (Å²) in [4.78, 5) is 0. The number of ether oxygens (including phenoxy) is 2. The third-order valence-corrected chi connectivity index (χ3v) is 6.02. The van der Waals surface area contributed by atoms with Crippen molar-refractivity contribution >= 4 is 0 Å². The quantitative estimate of drug-likeness (QED) is 0.285. The van der Waals surface area contributed by atoms with Crippen LogP contribution in [0, 0.1) is 0 Å². The molecule has 0 amide bonds. The van der Waals surface area contributed by atoms with Gasteiger partial charge < -0.3 is 31.2 Å². The van der Waals surface area contributed by atoms with E-state index in [0.717, 1.165) is 37.2 Å². The van der Waals surface area contributed by atoms with E-state index in [1.165, 1.54) is 11.1 Å². The van der Waals surface area contributed by atoms with E-state index in [1.54, 1.807) is 0 Å². The largest absolute Gasteiger partial charge is 0.491 e. The molecule has 0 radical (unpaired) electrons. The van der Waals surface area contributed by atoms with Crippen LogP contribution in [-0.2, 0) is 5.41 Å². The van der Waals surface area contributed by atoms with E-state index < -0.39 is 12.2 Å². The molecule has 0 aliphatic rings. The molecule has 6 heteroatoms. The van der Waals surface area contributed by atoms with Gasteiger partial charge in [0.15, 0.2) is 0 Å². The SMILES string of the molecule is CC(C)(c1ccc(OCC(O)CCCCN)cc1)c1ccc(OCC(O)CCCCN)cc1. The molecule has 0 saturated carbocycles. The maximum atomic E-state index is 10.0. The van der Waals surface area contributed by atoms with E-state index in [-0.39, 0.29) is 18.6 Å². The van der Waals surface area contributed by atoms with Crippen molar-refractivity contribution in [2.24, 2.45) is 11.5 Å². The van der Waals surface area contributed by atoms with Crippen molar-refractivity contribution in [3.63, 3.8) is 0 Å². The van der Waals surface area contributed by atoms with Crippen LogP contribution in [0.3, 0.4) is 0 Å². The van der Waals surface area contributed by atoms with Crippen LogP contribution in [0.25, 0.3) is 0 Å². The first-order chi connectivity index (χ1) is 15.9. The predicted molar refractivity (Wildman–Crippen MR) is 134 cm³/mol. The Morgan fingerprint density at radius 3 is 1.36 bits per heavy atom. The predicted octanol–water partition coefficient (Wildman–Crippen LogP) is 3.75. The van der Waals surface area contributed by atoms with Gasteiger partial charge in [-0.05, 0) is 87.0 Å². The smallest absolute Gasteiger partial charge is 0.119 e. The monoisotopic (exact) mass is 458 g/mol. The second-order valence-electron chi connectivity index (χ2n) is 9.17. The summed E-state index contributed by atoms with van der Waals surface area (Å²) < 4.78 is 11.5. The number of unbranched alkanes of at least 4 members (excludes halogenated alkanes) is 2. The van der Waals surface area contributed by atoms with E-state index in [9.17, 15) is 10.2 Å². The summed E-state index contributed by atoms with van der Waals surface area (Å²) in [6.45, 7) is 6.24. The van der Waals surface area contributed by atoms with Crippen LogP contribution in [0.2, 0.25) is 0 Å². The maximum Gasteiger partial charge on any atom is 0.119 e. The molecule has 2 aromatic carbocycles. The van der Waals surface area contributed by atoms with Crippen molar-refractivity contribution in [3.05, 3.63) is 59.7 Å². The minimum absolute atomic E-state index is 0.194. The van der Waals surface area contributed by atoms with Gasteiger partial charge in [-0.25, -0.2) is 0 Å². The van der Waals surface area contributed by atoms with Crippen molar-refractivity contribution < 1.29 is 19.7 Å². The van der Waals surface area contributed by atoms with Gasteiger partial charge in [0.1, 0.15) is 24.7 Å². The highest BCUT2D eigenvalue weighted by Crippen LogP contribution is 2.33. The summed E-state index contributed by atoms with van der Waals surface area (Å²) in [6, 6.07) is 16.1. The zero-order valence-electron chi connectivity index (χ0n) is 20.2. The van der Waals surface area contributed by atoms with Crippen molar-refractivity contribution in [1.82, 2.24) is 0 Å². The standard InChI is InChI=1S/C27H42N2O4/c1-27(2,21-9-13-25(14-10-21)32-19-23(30)7-3-5-17-28)22-11-15-26(16-12-22)33-20-24(31)8-4-6-18-29/h9-16,23-24,30-31H,3-8,17-20,28-29H2,1-2H3. The van der Waals surface area contributed by atoms with Gasteiger partial charge in [0.05, 0.1) is 12.2 Å². The minimum atomic E-state index is -0.472. The second kappa shape index (κ2) is 14.2. The molecule has 6 N–H and O–H groups in total. The van der Waals surface area contributed by atoms with Crippen LogP contribution in [-0.4, -0.2) is 48.7 Å². The Labute approximate surface area is 198 Å². The number of rotatable bonds is 16. The number of hydrogen-bond acceptors (Lipinski definition) is 6. The molecule has 0 aliphatic heterocycles. The zero-order chi connectivity index (χ0) is 24.1. The van der Waals surface area contributed by atoms with Gasteiger partial charge in [-0.3, -0.25) is 0 Å². The lowest BCUT2D eigenvalue weighted by Gasteiger charge is -2.26. The average Bonchev–Trinajstić information content (AvgIpc) is 2.82. The molecule has 2 unspecified atom stereocenters. The summed E-state index contributed by atoms with van der Waals surface area (Å²) in [5.74, 6) is 1.50. The normalized spacial score (nSPS) is 13.5. The highest BCUT2D eigenvalue weighted by Gasteiger charge is 2.23. The van der Waals surface area contributed by atoms with Gasteiger partial charge in [-0.15, -0.1) is 0 Å². The van der Waals surface area contributed by atoms with Crippen LogP contribution < -0.4 is 20.9 Å². The van der Waals surface area contributed by atoms with Crippen molar-refractivity contribution in [2.75, 3.05) is 26.3 Å². The van der Waals surface area contributed by atoms with Crippen LogP contribution in [0.15, 0.2) is 48.5 Å². The van der Waals surface area contributed by atoms with Crippen molar-refractivity contribution in [1.29, 1.82) is 0 Å². The lowest BCUT2D eigenvalue weighted by Crippen LogP contribution is -2.20. The Balaban J connectivity index is 1.88. The van der Waals surface area contributed by atoms with Gasteiger partial charge in [0.2, 0.25) is 0 Å². The first kappa shape index (κ1) is 27.1. The molecule has 184 valence electrons. The average molecular weight is 459 g/mol. The molecule has 0 heterocycles. The van der Waals surface area contributed by atoms with Gasteiger partial charge in [-0.2, -0.15) is 0 Å². The third-order valence-electron chi connectivity index (χ3n) is 6.02. The number of nitrogens with two attached hydrogens (primary N) is 2. The molecule has 33 heavy (non-hydrogen) atoms. The highest BCUT2D eigenvalue weighted by molar-refractivity contribution is 5.41. The lowest BCUT2D eigenvalue weighted by atomic mass is 9.78. The fraction of sp³-hybridized carbons (Fsp3) is 0.556. The summed E-state index contributed by atoms with van der Waals surface area (Å²) >= 11 is 0. The summed E-state index contributed by atoms with van der Waals surface area (Å²) in [5, 5.41) is 20.0. The van der Waals surface area contributed by atoms with E-state index >= 15 is 0 Å². The van der Waals surface area contributed by atoms with E-state index in [4.69, 9.17) is 20.9 Å². The Bertz CT molecular complexity index is 712. The number of hydrogen-bond donors (Lipinski definition) is 4. The van der Waals surface area contributed by atoms with Gasteiger partial charge in [0, 0.05) is 5.41 Å². The molecule has 6 nitrogen and oxygen atoms in total. The second-order valence-corrected chi connectivity index (χ2v) is 9.17. The van der Waals surface area contributed by atoms with E-state index in [0.29, 0.717) is 25.9 Å². The third kappa shape index (κ3) is 9.33. The topological polar surface area (TPSA) is 111 Å². The Hall–Kier alpha value is -2.12. The number of aliphatic hydroxyl groups is 2. The van der Waals surface area contributed by atoms with E-state index in [1.807, 2.05) is 24.3 Å². The Morgan fingerprint density at radius 1 is 0.667 bits per heavy atom. The lowest BCUT2D eigenvalue weighted by molar-refractivity contribution is 0.0977. The van der Waals surface area contributed by atoms with Crippen LogP contribution in [0.5, 0.6) is 11.5 Å². The van der Waals surface area contributed by atoms with Crippen molar-refractivity contribution in [3.8, 4) is 11.5 Å². The molecule has 0 saturated heterocycles. The summed E-state index contributed by atoms with van der Waals surface area (Å²) in [5.41, 5.74) is 13.1. The summed E-state index contributed by atoms with van der Waals surface area (Å²) in [6.07, 6.45) is 4.13. The van der Waals surface area contributed by atoms with Gasteiger partial charge >= 0.3 is 0 Å². The Morgan fingerprint density at radius 2 is 1.03 bits per heavy atom. The minimum Gasteiger partial charge on any atom is -0.491 e. The molecule has 2 aromatic rings. The molecule has 0 fully saturated rings. The van der Waals surface area contributed by atoms with Crippen molar-refractivity contribution in [2.45, 2.75) is 70.0 Å². The van der Waals surface area contributed by atoms with Gasteiger partial charge in [0.25, 0.3) is 0 Å². The van der Waals surface area contributed by atoms with Crippen LogP contribution in [0.1, 0.15) is 63.5 Å². The highest BCUT2D eigenvalue weighted by atomic mass is 16.5. The molecule has 0 aliphatic carbocycles. The van der Waals surface area contributed by atoms with E-state index in [2.05, 4.69) is 38.1 Å². The van der Waals surface area contributed by atoms with Crippen LogP contribution in [0.4, 0.5) is 0 Å². The molecule has 0 aromatic heterocycles. The first-order valence-electron chi connectivity index (χ1n) is 12.1. The van der Waals surface area contributed by atoms with Crippen LogP contribution >= 0.6 is 0 Å². The maximum absolute atomic E-state index is 10.0. The fourth-order valence-electron chi connectivity index (χ4n) is 3.70. The Kier molecular flexibility index (Phi) is 11.7.